The van der Waals surface area contributed by atoms with Gasteiger partial charge in [-0.3, -0.25) is 0 Å². The summed E-state index contributed by atoms with van der Waals surface area (Å²) in [7, 11) is 0. The van der Waals surface area contributed by atoms with Crippen LogP contribution in [0.4, 0.5) is 5.69 Å². The van der Waals surface area contributed by atoms with Crippen molar-refractivity contribution in [3.05, 3.63) is 11.5 Å². The Morgan fingerprint density at radius 3 is 2.62 bits per heavy atom. The zero-order valence-corrected chi connectivity index (χ0v) is 10.4. The van der Waals surface area contributed by atoms with E-state index < -0.39 is 0 Å². The standard InChI is InChI=1S/C10H16ClN3O2/c1-10(2,3)16-5-4-15-9-7(12)8(11)13-6-14-9/h6H,4-5,12H2,1-3H3. The third kappa shape index (κ3) is 4.20. The largest absolute Gasteiger partial charge is 0.474 e. The van der Waals surface area contributed by atoms with E-state index in [1.54, 1.807) is 0 Å². The van der Waals surface area contributed by atoms with Crippen LogP contribution in [-0.4, -0.2) is 28.8 Å². The summed E-state index contributed by atoms with van der Waals surface area (Å²) in [5, 5.41) is 0.196. The molecule has 0 spiro atoms. The molecular formula is C10H16ClN3O2. The number of hydrogen-bond acceptors (Lipinski definition) is 5. The Hall–Kier alpha value is -1.07. The van der Waals surface area contributed by atoms with Gasteiger partial charge in [-0.1, -0.05) is 11.6 Å². The lowest BCUT2D eigenvalue weighted by Crippen LogP contribution is -2.22. The fraction of sp³-hybridized carbons (Fsp3) is 0.600. The summed E-state index contributed by atoms with van der Waals surface area (Å²) in [4.78, 5) is 7.60. The minimum absolute atomic E-state index is 0.182. The van der Waals surface area contributed by atoms with Crippen molar-refractivity contribution in [2.24, 2.45) is 0 Å². The molecule has 0 radical (unpaired) electrons. The first-order chi connectivity index (χ1) is 7.40. The van der Waals surface area contributed by atoms with Gasteiger partial charge in [-0.25, -0.2) is 4.98 Å². The Morgan fingerprint density at radius 1 is 1.31 bits per heavy atom. The Kier molecular flexibility index (Phi) is 4.32. The molecule has 6 heteroatoms. The van der Waals surface area contributed by atoms with E-state index in [4.69, 9.17) is 26.8 Å². The molecule has 0 saturated heterocycles. The SMILES string of the molecule is CC(C)(C)OCCOc1ncnc(Cl)c1N. The molecule has 1 rings (SSSR count). The zero-order chi connectivity index (χ0) is 12.2. The lowest BCUT2D eigenvalue weighted by atomic mass is 10.2. The van der Waals surface area contributed by atoms with Crippen molar-refractivity contribution in [2.75, 3.05) is 18.9 Å². The Bertz CT molecular complexity index is 352. The molecule has 90 valence electrons. The summed E-state index contributed by atoms with van der Waals surface area (Å²) < 4.78 is 10.8. The topological polar surface area (TPSA) is 70.3 Å². The van der Waals surface area contributed by atoms with Crippen LogP contribution in [0, 0.1) is 0 Å². The van der Waals surface area contributed by atoms with Crippen molar-refractivity contribution >= 4 is 17.3 Å². The zero-order valence-electron chi connectivity index (χ0n) is 9.66. The molecule has 1 aromatic rings. The quantitative estimate of drug-likeness (QED) is 0.648. The minimum atomic E-state index is -0.182. The molecule has 0 aliphatic carbocycles. The van der Waals surface area contributed by atoms with Crippen LogP contribution in [0.5, 0.6) is 5.88 Å². The number of ether oxygens (including phenoxy) is 2. The minimum Gasteiger partial charge on any atom is -0.474 e. The van der Waals surface area contributed by atoms with Crippen molar-refractivity contribution in [3.8, 4) is 5.88 Å². The molecule has 0 aromatic carbocycles. The van der Waals surface area contributed by atoms with Gasteiger partial charge in [0.1, 0.15) is 18.6 Å². The predicted molar refractivity (Wildman–Crippen MR) is 62.7 cm³/mol. The predicted octanol–water partition coefficient (Wildman–Crippen LogP) is 1.91. The number of nitrogens with zero attached hydrogens (tertiary/aromatic N) is 2. The molecule has 0 aliphatic heterocycles. The molecule has 0 unspecified atom stereocenters. The van der Waals surface area contributed by atoms with E-state index in [0.717, 1.165) is 0 Å². The van der Waals surface area contributed by atoms with Crippen molar-refractivity contribution < 1.29 is 9.47 Å². The molecule has 1 heterocycles. The molecule has 0 aliphatic rings. The first-order valence-corrected chi connectivity index (χ1v) is 5.30. The fourth-order valence-corrected chi connectivity index (χ4v) is 1.09. The van der Waals surface area contributed by atoms with Gasteiger partial charge in [0.05, 0.1) is 12.2 Å². The average Bonchev–Trinajstić information content (AvgIpc) is 2.17. The van der Waals surface area contributed by atoms with E-state index in [9.17, 15) is 0 Å². The van der Waals surface area contributed by atoms with Crippen molar-refractivity contribution in [1.29, 1.82) is 0 Å². The first kappa shape index (κ1) is 13.0. The number of anilines is 1. The normalized spacial score (nSPS) is 11.5. The first-order valence-electron chi connectivity index (χ1n) is 4.93. The van der Waals surface area contributed by atoms with Gasteiger partial charge in [0, 0.05) is 0 Å². The third-order valence-corrected chi connectivity index (χ3v) is 1.96. The molecule has 0 bridgehead atoms. The maximum Gasteiger partial charge on any atom is 0.241 e. The van der Waals surface area contributed by atoms with E-state index >= 15 is 0 Å². The molecule has 2 N–H and O–H groups in total. The fourth-order valence-electron chi connectivity index (χ4n) is 0.961. The van der Waals surface area contributed by atoms with Gasteiger partial charge in [0.25, 0.3) is 0 Å². The molecule has 0 atom stereocenters. The Morgan fingerprint density at radius 2 is 2.00 bits per heavy atom. The summed E-state index contributed by atoms with van der Waals surface area (Å²) in [6.07, 6.45) is 1.30. The van der Waals surface area contributed by atoms with Crippen LogP contribution in [0.2, 0.25) is 5.15 Å². The van der Waals surface area contributed by atoms with Gasteiger partial charge in [-0.05, 0) is 20.8 Å². The van der Waals surface area contributed by atoms with Gasteiger partial charge in [0.15, 0.2) is 5.15 Å². The van der Waals surface area contributed by atoms with Crippen LogP contribution >= 0.6 is 11.6 Å². The van der Waals surface area contributed by atoms with Gasteiger partial charge in [-0.15, -0.1) is 0 Å². The van der Waals surface area contributed by atoms with E-state index in [0.29, 0.717) is 13.2 Å². The van der Waals surface area contributed by atoms with Crippen molar-refractivity contribution in [2.45, 2.75) is 26.4 Å². The molecule has 5 nitrogen and oxygen atoms in total. The lowest BCUT2D eigenvalue weighted by molar-refractivity contribution is -0.0167. The van der Waals surface area contributed by atoms with E-state index in [1.807, 2.05) is 20.8 Å². The summed E-state index contributed by atoms with van der Waals surface area (Å²) in [5.41, 5.74) is 5.70. The molecular weight excluding hydrogens is 230 g/mol. The number of rotatable bonds is 4. The maximum atomic E-state index is 5.71. The van der Waals surface area contributed by atoms with Crippen LogP contribution in [-0.2, 0) is 4.74 Å². The number of aromatic nitrogens is 2. The van der Waals surface area contributed by atoms with Crippen LogP contribution in [0.3, 0.4) is 0 Å². The Balaban J connectivity index is 2.41. The number of halogens is 1. The lowest BCUT2D eigenvalue weighted by Gasteiger charge is -2.19. The van der Waals surface area contributed by atoms with Crippen LogP contribution in [0.25, 0.3) is 0 Å². The summed E-state index contributed by atoms with van der Waals surface area (Å²) >= 11 is 5.71. The monoisotopic (exact) mass is 245 g/mol. The molecule has 1 aromatic heterocycles. The highest BCUT2D eigenvalue weighted by molar-refractivity contribution is 6.32. The van der Waals surface area contributed by atoms with Gasteiger partial charge in [-0.2, -0.15) is 4.98 Å². The summed E-state index contributed by atoms with van der Waals surface area (Å²) in [5.74, 6) is 0.289. The second-order valence-electron chi connectivity index (χ2n) is 4.19. The summed E-state index contributed by atoms with van der Waals surface area (Å²) in [6.45, 7) is 6.76. The van der Waals surface area contributed by atoms with Crippen molar-refractivity contribution in [3.63, 3.8) is 0 Å². The molecule has 0 amide bonds. The molecule has 0 fully saturated rings. The molecule has 0 saturated carbocycles. The van der Waals surface area contributed by atoms with Gasteiger partial charge < -0.3 is 15.2 Å². The number of nitrogen functional groups attached to an aromatic ring is 1. The van der Waals surface area contributed by atoms with Crippen LogP contribution in [0.1, 0.15) is 20.8 Å². The molecule has 16 heavy (non-hydrogen) atoms. The van der Waals surface area contributed by atoms with Gasteiger partial charge in [0.2, 0.25) is 5.88 Å². The highest BCUT2D eigenvalue weighted by atomic mass is 35.5. The van der Waals surface area contributed by atoms with E-state index in [1.165, 1.54) is 6.33 Å². The third-order valence-electron chi connectivity index (χ3n) is 1.66. The van der Waals surface area contributed by atoms with Crippen LogP contribution < -0.4 is 10.5 Å². The average molecular weight is 246 g/mol. The van der Waals surface area contributed by atoms with E-state index in [-0.39, 0.29) is 22.3 Å². The maximum absolute atomic E-state index is 5.71. The highest BCUT2D eigenvalue weighted by Gasteiger charge is 2.10. The Labute approximate surface area is 99.9 Å². The van der Waals surface area contributed by atoms with Gasteiger partial charge >= 0.3 is 0 Å². The van der Waals surface area contributed by atoms with Crippen molar-refractivity contribution in [1.82, 2.24) is 9.97 Å². The van der Waals surface area contributed by atoms with E-state index in [2.05, 4.69) is 9.97 Å². The number of hydrogen-bond donors (Lipinski definition) is 1. The second kappa shape index (κ2) is 5.32. The second-order valence-corrected chi connectivity index (χ2v) is 4.55. The van der Waals surface area contributed by atoms with Crippen LogP contribution in [0.15, 0.2) is 6.33 Å². The smallest absolute Gasteiger partial charge is 0.241 e. The summed E-state index contributed by atoms with van der Waals surface area (Å²) in [6, 6.07) is 0. The highest BCUT2D eigenvalue weighted by Crippen LogP contribution is 2.23. The number of nitrogens with two attached hydrogens (primary N) is 1.